The van der Waals surface area contributed by atoms with Crippen molar-refractivity contribution in [1.82, 2.24) is 0 Å². The van der Waals surface area contributed by atoms with Gasteiger partial charge in [0.2, 0.25) is 11.8 Å². The molecule has 7 nitrogen and oxygen atoms in total. The highest BCUT2D eigenvalue weighted by Crippen LogP contribution is 2.52. The van der Waals surface area contributed by atoms with E-state index in [9.17, 15) is 19.5 Å². The van der Waals surface area contributed by atoms with Gasteiger partial charge in [-0.25, -0.2) is 9.69 Å². The minimum absolute atomic E-state index is 0.0814. The average molecular weight is 378 g/mol. The van der Waals surface area contributed by atoms with E-state index in [1.54, 1.807) is 19.1 Å². The van der Waals surface area contributed by atoms with E-state index >= 15 is 0 Å². The monoisotopic (exact) mass is 377 g/mol. The second-order valence-electron chi connectivity index (χ2n) is 6.45. The van der Waals surface area contributed by atoms with E-state index in [1.165, 1.54) is 18.2 Å². The van der Waals surface area contributed by atoms with E-state index in [0.717, 1.165) is 4.90 Å². The first kappa shape index (κ1) is 17.2. The number of benzene rings is 1. The summed E-state index contributed by atoms with van der Waals surface area (Å²) in [5.74, 6) is -2.96. The largest absolute Gasteiger partial charge is 0.462 e. The number of nitrogens with zero attached hydrogens (tertiary/aromatic N) is 1. The van der Waals surface area contributed by atoms with Gasteiger partial charge in [-0.15, -0.1) is 0 Å². The van der Waals surface area contributed by atoms with Gasteiger partial charge in [0.25, 0.3) is 0 Å². The summed E-state index contributed by atoms with van der Waals surface area (Å²) in [5.41, 5.74) is -0.833. The highest BCUT2D eigenvalue weighted by Gasteiger charge is 2.67. The van der Waals surface area contributed by atoms with Crippen LogP contribution in [0.2, 0.25) is 5.02 Å². The van der Waals surface area contributed by atoms with E-state index in [4.69, 9.17) is 21.1 Å². The lowest BCUT2D eigenvalue weighted by atomic mass is 9.77. The number of hydrogen-bond acceptors (Lipinski definition) is 6. The number of esters is 1. The number of halogens is 1. The maximum atomic E-state index is 13.0. The Hall–Kier alpha value is -2.22. The van der Waals surface area contributed by atoms with Gasteiger partial charge in [0.15, 0.2) is 0 Å². The van der Waals surface area contributed by atoms with Crippen molar-refractivity contribution >= 4 is 35.1 Å². The molecule has 0 radical (unpaired) electrons. The smallest absolute Gasteiger partial charge is 0.339 e. The summed E-state index contributed by atoms with van der Waals surface area (Å²) in [6, 6.07) is 4.33. The third-order valence-electron chi connectivity index (χ3n) is 5.11. The van der Waals surface area contributed by atoms with Gasteiger partial charge in [-0.1, -0.05) is 23.8 Å². The van der Waals surface area contributed by atoms with Gasteiger partial charge >= 0.3 is 5.97 Å². The Morgan fingerprint density at radius 3 is 2.85 bits per heavy atom. The average Bonchev–Trinajstić information content (AvgIpc) is 3.27. The Balaban J connectivity index is 1.72. The van der Waals surface area contributed by atoms with Crippen LogP contribution in [-0.4, -0.2) is 47.8 Å². The number of ether oxygens (including phenoxy) is 2. The first-order valence-corrected chi connectivity index (χ1v) is 8.64. The maximum Gasteiger partial charge on any atom is 0.339 e. The molecule has 4 atom stereocenters. The molecule has 3 aliphatic heterocycles. The number of hydrogen-bond donors (Lipinski definition) is 1. The van der Waals surface area contributed by atoms with E-state index < -0.39 is 41.3 Å². The lowest BCUT2D eigenvalue weighted by molar-refractivity contribution is -0.128. The van der Waals surface area contributed by atoms with Crippen LogP contribution in [0.15, 0.2) is 30.4 Å². The number of anilines is 1. The highest BCUT2D eigenvalue weighted by atomic mass is 35.5. The number of carbonyl (C=O) groups excluding carboxylic acids is 3. The molecule has 2 saturated heterocycles. The first-order chi connectivity index (χ1) is 12.4. The molecule has 3 heterocycles. The lowest BCUT2D eigenvalue weighted by Gasteiger charge is -2.26. The lowest BCUT2D eigenvalue weighted by Crippen LogP contribution is -2.43. The molecule has 0 saturated carbocycles. The summed E-state index contributed by atoms with van der Waals surface area (Å²) in [6.07, 6.45) is 2.82. The second-order valence-corrected chi connectivity index (χ2v) is 6.86. The summed E-state index contributed by atoms with van der Waals surface area (Å²) >= 11 is 6.05. The Morgan fingerprint density at radius 2 is 2.15 bits per heavy atom. The van der Waals surface area contributed by atoms with Crippen LogP contribution in [0.4, 0.5) is 5.69 Å². The fourth-order valence-corrected chi connectivity index (χ4v) is 4.15. The zero-order chi connectivity index (χ0) is 18.6. The fourth-order valence-electron chi connectivity index (χ4n) is 3.96. The van der Waals surface area contributed by atoms with Crippen molar-refractivity contribution in [3.63, 3.8) is 0 Å². The summed E-state index contributed by atoms with van der Waals surface area (Å²) in [6.45, 7) is 1.46. The van der Waals surface area contributed by atoms with Gasteiger partial charge in [-0.3, -0.25) is 9.59 Å². The fraction of sp³-hybridized carbons (Fsp3) is 0.389. The summed E-state index contributed by atoms with van der Waals surface area (Å²) < 4.78 is 10.6. The van der Waals surface area contributed by atoms with E-state index in [0.29, 0.717) is 0 Å². The van der Waals surface area contributed by atoms with Gasteiger partial charge in [0.1, 0.15) is 5.60 Å². The van der Waals surface area contributed by atoms with Crippen LogP contribution in [0.1, 0.15) is 17.3 Å². The number of amides is 2. The van der Waals surface area contributed by atoms with Crippen molar-refractivity contribution in [1.29, 1.82) is 0 Å². The van der Waals surface area contributed by atoms with Crippen LogP contribution in [-0.2, 0) is 19.1 Å². The third kappa shape index (κ3) is 2.17. The number of rotatable bonds is 4. The van der Waals surface area contributed by atoms with Crippen molar-refractivity contribution in [2.45, 2.75) is 18.6 Å². The standard InChI is InChI=1S/C18H16ClNO6/c1-2-25-17(24)10-7-9(3-4-11(10)19)20-15(22)13-12-5-6-18(8-21,26-12)14(13)16(20)23/h3-7,12-14,21H,2,8H2,1H3/t12-,13+,14+,18-/m1/s1. The predicted octanol–water partition coefficient (Wildman–Crippen LogP) is 1.32. The van der Waals surface area contributed by atoms with Crippen LogP contribution in [0.25, 0.3) is 0 Å². The van der Waals surface area contributed by atoms with Crippen LogP contribution >= 0.6 is 11.6 Å². The van der Waals surface area contributed by atoms with E-state index in [1.807, 2.05) is 0 Å². The molecule has 136 valence electrons. The molecule has 3 aliphatic rings. The Bertz CT molecular complexity index is 852. The molecule has 2 fully saturated rings. The van der Waals surface area contributed by atoms with Crippen molar-refractivity contribution < 1.29 is 29.0 Å². The van der Waals surface area contributed by atoms with Crippen molar-refractivity contribution in [2.24, 2.45) is 11.8 Å². The minimum Gasteiger partial charge on any atom is -0.462 e. The third-order valence-corrected chi connectivity index (χ3v) is 5.44. The summed E-state index contributed by atoms with van der Waals surface area (Å²) in [4.78, 5) is 39.0. The number of aliphatic hydroxyl groups is 1. The number of imide groups is 1. The SMILES string of the molecule is CCOC(=O)c1cc(N2C(=O)[C@@H]3[C@@H](C2=O)[C@]2(CO)C=C[C@H]3O2)ccc1Cl. The van der Waals surface area contributed by atoms with E-state index in [-0.39, 0.29) is 29.5 Å². The van der Waals surface area contributed by atoms with Crippen LogP contribution < -0.4 is 4.90 Å². The van der Waals surface area contributed by atoms with E-state index in [2.05, 4.69) is 0 Å². The molecular weight excluding hydrogens is 362 g/mol. The first-order valence-electron chi connectivity index (χ1n) is 8.26. The van der Waals surface area contributed by atoms with Crippen LogP contribution in [0, 0.1) is 11.8 Å². The topological polar surface area (TPSA) is 93.1 Å². The molecule has 2 amide bonds. The molecule has 0 aromatic heterocycles. The van der Waals surface area contributed by atoms with Crippen LogP contribution in [0.5, 0.6) is 0 Å². The van der Waals surface area contributed by atoms with Gasteiger partial charge in [0, 0.05) is 0 Å². The second kappa shape index (κ2) is 5.90. The summed E-state index contributed by atoms with van der Waals surface area (Å²) in [5, 5.41) is 9.90. The normalized spacial score (nSPS) is 31.7. The molecule has 1 aromatic rings. The molecule has 1 N–H and O–H groups in total. The minimum atomic E-state index is -1.16. The molecule has 4 rings (SSSR count). The Kier molecular flexibility index (Phi) is 3.91. The van der Waals surface area contributed by atoms with Gasteiger partial charge < -0.3 is 14.6 Å². The Morgan fingerprint density at radius 1 is 1.38 bits per heavy atom. The molecule has 26 heavy (non-hydrogen) atoms. The summed E-state index contributed by atoms with van der Waals surface area (Å²) in [7, 11) is 0. The van der Waals surface area contributed by atoms with Gasteiger partial charge in [-0.05, 0) is 25.1 Å². The van der Waals surface area contributed by atoms with Gasteiger partial charge in [-0.2, -0.15) is 0 Å². The zero-order valence-corrected chi connectivity index (χ0v) is 14.6. The van der Waals surface area contributed by atoms with Crippen LogP contribution in [0.3, 0.4) is 0 Å². The number of carbonyl (C=O) groups is 3. The van der Waals surface area contributed by atoms with Crippen molar-refractivity contribution in [3.05, 3.63) is 40.9 Å². The molecule has 0 unspecified atom stereocenters. The molecule has 0 aliphatic carbocycles. The molecule has 0 spiro atoms. The molecule has 1 aromatic carbocycles. The van der Waals surface area contributed by atoms with Gasteiger partial charge in [0.05, 0.1) is 47.4 Å². The molecule has 2 bridgehead atoms. The molecular formula is C18H16ClNO6. The molecule has 8 heteroatoms. The maximum absolute atomic E-state index is 13.0. The number of fused-ring (bicyclic) bond motifs is 5. The van der Waals surface area contributed by atoms with Crippen molar-refractivity contribution in [3.8, 4) is 0 Å². The predicted molar refractivity (Wildman–Crippen MR) is 90.7 cm³/mol. The highest BCUT2D eigenvalue weighted by molar-refractivity contribution is 6.34. The van der Waals surface area contributed by atoms with Crippen molar-refractivity contribution in [2.75, 3.05) is 18.1 Å². The number of aliphatic hydroxyl groups excluding tert-OH is 1. The quantitative estimate of drug-likeness (QED) is 0.483. The Labute approximate surface area is 154 Å². The zero-order valence-electron chi connectivity index (χ0n) is 13.8.